The van der Waals surface area contributed by atoms with Crippen LogP contribution in [0.4, 0.5) is 0 Å². The summed E-state index contributed by atoms with van der Waals surface area (Å²) in [6.45, 7) is 4.25. The molecule has 1 rings (SSSR count). The second-order valence-corrected chi connectivity index (χ2v) is 4.97. The number of aldehydes is 1. The Hall–Kier alpha value is -0.110. The van der Waals surface area contributed by atoms with Crippen molar-refractivity contribution in [3.8, 4) is 0 Å². The van der Waals surface area contributed by atoms with E-state index in [4.69, 9.17) is 0 Å². The van der Waals surface area contributed by atoms with E-state index >= 15 is 0 Å². The first kappa shape index (κ1) is 8.98. The van der Waals surface area contributed by atoms with Gasteiger partial charge in [-0.05, 0) is 33.1 Å². The number of allylic oxidation sites excluding steroid dienone is 2. The number of hydrogen-bond acceptors (Lipinski definition) is 1. The Morgan fingerprint density at radius 3 is 2.55 bits per heavy atom. The van der Waals surface area contributed by atoms with Crippen molar-refractivity contribution in [2.45, 2.75) is 37.4 Å². The zero-order valence-electron chi connectivity index (χ0n) is 6.98. The number of carbonyl (C=O) groups is 1. The molecule has 11 heavy (non-hydrogen) atoms. The second kappa shape index (κ2) is 3.10. The highest BCUT2D eigenvalue weighted by molar-refractivity contribution is 9.10. The predicted octanol–water partition coefficient (Wildman–Crippen LogP) is 2.84. The van der Waals surface area contributed by atoms with Crippen molar-refractivity contribution < 1.29 is 4.79 Å². The first-order chi connectivity index (χ1) is 5.07. The van der Waals surface area contributed by atoms with Gasteiger partial charge in [-0.2, -0.15) is 0 Å². The van der Waals surface area contributed by atoms with Gasteiger partial charge in [-0.1, -0.05) is 27.1 Å². The first-order valence-electron chi connectivity index (χ1n) is 3.88. The van der Waals surface area contributed by atoms with Crippen LogP contribution in [-0.2, 0) is 4.79 Å². The van der Waals surface area contributed by atoms with E-state index in [1.54, 1.807) is 0 Å². The molecule has 0 spiro atoms. The molecule has 0 N–H and O–H groups in total. The molecule has 0 bridgehead atoms. The summed E-state index contributed by atoms with van der Waals surface area (Å²) in [5, 5.41) is 0. The molecule has 1 nitrogen and oxygen atoms in total. The van der Waals surface area contributed by atoms with Crippen molar-refractivity contribution in [2.24, 2.45) is 0 Å². The van der Waals surface area contributed by atoms with Crippen LogP contribution in [0.25, 0.3) is 0 Å². The average molecular weight is 217 g/mol. The van der Waals surface area contributed by atoms with Crippen LogP contribution < -0.4 is 0 Å². The van der Waals surface area contributed by atoms with Gasteiger partial charge >= 0.3 is 0 Å². The molecule has 0 aromatic rings. The van der Waals surface area contributed by atoms with Crippen molar-refractivity contribution in [1.29, 1.82) is 0 Å². The van der Waals surface area contributed by atoms with E-state index in [0.717, 1.165) is 25.5 Å². The lowest BCUT2D eigenvalue weighted by Gasteiger charge is -2.27. The fourth-order valence-electron chi connectivity index (χ4n) is 1.39. The molecule has 0 fully saturated rings. The van der Waals surface area contributed by atoms with E-state index in [1.165, 1.54) is 11.1 Å². The van der Waals surface area contributed by atoms with Gasteiger partial charge in [0.1, 0.15) is 6.29 Å². The van der Waals surface area contributed by atoms with Gasteiger partial charge in [0.2, 0.25) is 0 Å². The Morgan fingerprint density at radius 2 is 2.09 bits per heavy atom. The maximum absolute atomic E-state index is 10.7. The molecule has 0 heterocycles. The SMILES string of the molecule is CC1=C(C)CC(Br)(C=O)CC1. The summed E-state index contributed by atoms with van der Waals surface area (Å²) in [5.41, 5.74) is 2.81. The highest BCUT2D eigenvalue weighted by Crippen LogP contribution is 2.36. The van der Waals surface area contributed by atoms with Gasteiger partial charge in [0.05, 0.1) is 4.32 Å². The van der Waals surface area contributed by atoms with Crippen molar-refractivity contribution in [1.82, 2.24) is 0 Å². The van der Waals surface area contributed by atoms with Gasteiger partial charge in [-0.15, -0.1) is 0 Å². The largest absolute Gasteiger partial charge is 0.302 e. The molecular formula is C9H13BrO. The van der Waals surface area contributed by atoms with Crippen molar-refractivity contribution in [3.63, 3.8) is 0 Å². The summed E-state index contributed by atoms with van der Waals surface area (Å²) >= 11 is 3.46. The van der Waals surface area contributed by atoms with E-state index in [2.05, 4.69) is 29.8 Å². The van der Waals surface area contributed by atoms with Gasteiger partial charge in [0.15, 0.2) is 0 Å². The molecule has 0 aliphatic heterocycles. The van der Waals surface area contributed by atoms with Crippen molar-refractivity contribution >= 4 is 22.2 Å². The first-order valence-corrected chi connectivity index (χ1v) is 4.67. The normalized spacial score (nSPS) is 32.3. The van der Waals surface area contributed by atoms with Crippen molar-refractivity contribution in [2.75, 3.05) is 0 Å². The number of hydrogen-bond donors (Lipinski definition) is 0. The van der Waals surface area contributed by atoms with Crippen LogP contribution in [0.3, 0.4) is 0 Å². The monoisotopic (exact) mass is 216 g/mol. The molecule has 0 radical (unpaired) electrons. The predicted molar refractivity (Wildman–Crippen MR) is 49.9 cm³/mol. The fraction of sp³-hybridized carbons (Fsp3) is 0.667. The van der Waals surface area contributed by atoms with Gasteiger partial charge in [0, 0.05) is 0 Å². The Labute approximate surface area is 76.0 Å². The number of carbonyl (C=O) groups excluding carboxylic acids is 1. The zero-order valence-corrected chi connectivity index (χ0v) is 8.57. The summed E-state index contributed by atoms with van der Waals surface area (Å²) in [6.07, 6.45) is 3.90. The Bertz CT molecular complexity index is 208. The standard InChI is InChI=1S/C9H13BrO/c1-7-3-4-9(10,6-11)5-8(7)2/h6H,3-5H2,1-2H3. The molecule has 0 aromatic heterocycles. The second-order valence-electron chi connectivity index (χ2n) is 3.39. The average Bonchev–Trinajstić information content (AvgIpc) is 1.98. The molecule has 62 valence electrons. The Balaban J connectivity index is 2.78. The van der Waals surface area contributed by atoms with Gasteiger partial charge < -0.3 is 4.79 Å². The zero-order chi connectivity index (χ0) is 8.48. The molecule has 1 aliphatic rings. The fourth-order valence-corrected chi connectivity index (χ4v) is 2.01. The lowest BCUT2D eigenvalue weighted by molar-refractivity contribution is -0.109. The molecule has 2 heteroatoms. The number of rotatable bonds is 1. The van der Waals surface area contributed by atoms with Gasteiger partial charge in [-0.25, -0.2) is 0 Å². The van der Waals surface area contributed by atoms with Crippen LogP contribution in [0.15, 0.2) is 11.1 Å². The van der Waals surface area contributed by atoms with E-state index < -0.39 is 0 Å². The molecule has 0 aromatic carbocycles. The van der Waals surface area contributed by atoms with Crippen LogP contribution in [0.5, 0.6) is 0 Å². The lowest BCUT2D eigenvalue weighted by Crippen LogP contribution is -2.26. The topological polar surface area (TPSA) is 17.1 Å². The quantitative estimate of drug-likeness (QED) is 0.375. The minimum atomic E-state index is -0.253. The van der Waals surface area contributed by atoms with Crippen LogP contribution in [0.2, 0.25) is 0 Å². The maximum Gasteiger partial charge on any atom is 0.137 e. The molecule has 0 amide bonds. The number of alkyl halides is 1. The smallest absolute Gasteiger partial charge is 0.137 e. The highest BCUT2D eigenvalue weighted by atomic mass is 79.9. The molecule has 1 aliphatic carbocycles. The minimum Gasteiger partial charge on any atom is -0.302 e. The van der Waals surface area contributed by atoms with E-state index in [-0.39, 0.29) is 4.32 Å². The van der Waals surface area contributed by atoms with E-state index in [0.29, 0.717) is 0 Å². The van der Waals surface area contributed by atoms with Crippen molar-refractivity contribution in [3.05, 3.63) is 11.1 Å². The van der Waals surface area contributed by atoms with Crippen LogP contribution in [-0.4, -0.2) is 10.6 Å². The van der Waals surface area contributed by atoms with Gasteiger partial charge in [0.25, 0.3) is 0 Å². The summed E-state index contributed by atoms with van der Waals surface area (Å²) in [6, 6.07) is 0. The van der Waals surface area contributed by atoms with Crippen LogP contribution in [0.1, 0.15) is 33.1 Å². The van der Waals surface area contributed by atoms with Gasteiger partial charge in [-0.3, -0.25) is 0 Å². The Morgan fingerprint density at radius 1 is 1.45 bits per heavy atom. The highest BCUT2D eigenvalue weighted by Gasteiger charge is 2.29. The Kier molecular flexibility index (Phi) is 2.53. The molecular weight excluding hydrogens is 204 g/mol. The number of halogens is 1. The summed E-state index contributed by atoms with van der Waals surface area (Å²) in [5.74, 6) is 0. The summed E-state index contributed by atoms with van der Waals surface area (Å²) in [7, 11) is 0. The van der Waals surface area contributed by atoms with E-state index in [9.17, 15) is 4.79 Å². The summed E-state index contributed by atoms with van der Waals surface area (Å²) < 4.78 is -0.253. The summed E-state index contributed by atoms with van der Waals surface area (Å²) in [4.78, 5) is 10.7. The minimum absolute atomic E-state index is 0.253. The third-order valence-electron chi connectivity index (χ3n) is 2.41. The van der Waals surface area contributed by atoms with Crippen LogP contribution in [0, 0.1) is 0 Å². The third kappa shape index (κ3) is 1.92. The lowest BCUT2D eigenvalue weighted by atomic mass is 9.86. The molecule has 0 saturated carbocycles. The maximum atomic E-state index is 10.7. The molecule has 1 unspecified atom stereocenters. The third-order valence-corrected chi connectivity index (χ3v) is 3.28. The van der Waals surface area contributed by atoms with E-state index in [1.807, 2.05) is 0 Å². The molecule has 0 saturated heterocycles. The molecule has 1 atom stereocenters. The van der Waals surface area contributed by atoms with Crippen LogP contribution >= 0.6 is 15.9 Å².